The van der Waals surface area contributed by atoms with E-state index in [9.17, 15) is 4.79 Å². The van der Waals surface area contributed by atoms with Gasteiger partial charge < -0.3 is 9.88 Å². The molecule has 0 spiro atoms. The second-order valence-electron chi connectivity index (χ2n) is 8.38. The summed E-state index contributed by atoms with van der Waals surface area (Å²) in [7, 11) is 0. The van der Waals surface area contributed by atoms with Gasteiger partial charge in [0, 0.05) is 12.2 Å². The third-order valence-electron chi connectivity index (χ3n) is 6.72. The van der Waals surface area contributed by atoms with E-state index in [0.29, 0.717) is 17.0 Å². The van der Waals surface area contributed by atoms with E-state index < -0.39 is 0 Å². The number of fused-ring (bicyclic) bond motifs is 2. The molecule has 132 valence electrons. The molecule has 1 aromatic heterocycles. The van der Waals surface area contributed by atoms with Crippen molar-refractivity contribution in [1.82, 2.24) is 14.9 Å². The number of nitrogens with zero attached hydrogens (tertiary/aromatic N) is 2. The molecule has 2 aromatic rings. The molecule has 2 bridgehead atoms. The standard InChI is InChI=1S/C21H27N3O/c1-14-19(23-13-24(14)18-7-5-4-6-8-18)20(25)22-12-15-9-16-11-17(10-15)21(16,2)3/h4-8,13,15-17H,9-12H2,1-3H3,(H,22,25)/t15?,16-,17+. The molecule has 1 amide bonds. The predicted octanol–water partition coefficient (Wildman–Crippen LogP) is 3.98. The van der Waals surface area contributed by atoms with Gasteiger partial charge in [-0.25, -0.2) is 4.98 Å². The fraction of sp³-hybridized carbons (Fsp3) is 0.524. The molecule has 1 heterocycles. The molecule has 25 heavy (non-hydrogen) atoms. The second kappa shape index (κ2) is 6.01. The molecule has 0 radical (unpaired) electrons. The number of carbonyl (C=O) groups excluding carboxylic acids is 1. The summed E-state index contributed by atoms with van der Waals surface area (Å²) in [5.74, 6) is 2.25. The summed E-state index contributed by atoms with van der Waals surface area (Å²) in [4.78, 5) is 16.9. The van der Waals surface area contributed by atoms with Crippen molar-refractivity contribution in [2.75, 3.05) is 6.54 Å². The number of carbonyl (C=O) groups is 1. The number of hydrogen-bond acceptors (Lipinski definition) is 2. The van der Waals surface area contributed by atoms with Crippen molar-refractivity contribution in [3.8, 4) is 5.69 Å². The molecule has 3 fully saturated rings. The highest BCUT2D eigenvalue weighted by atomic mass is 16.1. The number of benzene rings is 1. The summed E-state index contributed by atoms with van der Waals surface area (Å²) in [5.41, 5.74) is 2.97. The Morgan fingerprint density at radius 2 is 1.88 bits per heavy atom. The van der Waals surface area contributed by atoms with Crippen LogP contribution >= 0.6 is 0 Å². The highest BCUT2D eigenvalue weighted by molar-refractivity contribution is 5.93. The Balaban J connectivity index is 1.39. The molecule has 3 aliphatic carbocycles. The van der Waals surface area contributed by atoms with Crippen LogP contribution in [0, 0.1) is 30.1 Å². The minimum absolute atomic E-state index is 0.0503. The summed E-state index contributed by atoms with van der Waals surface area (Å²) >= 11 is 0. The van der Waals surface area contributed by atoms with Gasteiger partial charge in [-0.05, 0) is 61.5 Å². The van der Waals surface area contributed by atoms with Crippen LogP contribution in [0.1, 0.15) is 49.3 Å². The highest BCUT2D eigenvalue weighted by Gasteiger charge is 2.52. The van der Waals surface area contributed by atoms with Crippen LogP contribution in [0.4, 0.5) is 0 Å². The van der Waals surface area contributed by atoms with E-state index in [4.69, 9.17) is 0 Å². The highest BCUT2D eigenvalue weighted by Crippen LogP contribution is 2.60. The fourth-order valence-corrected chi connectivity index (χ4v) is 4.79. The van der Waals surface area contributed by atoms with Crippen molar-refractivity contribution in [3.05, 3.63) is 48.0 Å². The molecule has 1 aromatic carbocycles. The molecular formula is C21H27N3O. The van der Waals surface area contributed by atoms with E-state index in [-0.39, 0.29) is 5.91 Å². The van der Waals surface area contributed by atoms with Gasteiger partial charge in [-0.3, -0.25) is 4.79 Å². The molecule has 3 aliphatic rings. The smallest absolute Gasteiger partial charge is 0.271 e. The molecule has 1 N–H and O–H groups in total. The van der Waals surface area contributed by atoms with Gasteiger partial charge in [0.15, 0.2) is 0 Å². The molecule has 4 heteroatoms. The van der Waals surface area contributed by atoms with Gasteiger partial charge in [0.25, 0.3) is 5.91 Å². The second-order valence-corrected chi connectivity index (χ2v) is 8.38. The van der Waals surface area contributed by atoms with Gasteiger partial charge >= 0.3 is 0 Å². The largest absolute Gasteiger partial charge is 0.350 e. The van der Waals surface area contributed by atoms with E-state index >= 15 is 0 Å². The summed E-state index contributed by atoms with van der Waals surface area (Å²) in [6, 6.07) is 10.0. The molecule has 0 aliphatic heterocycles. The first kappa shape index (κ1) is 16.4. The maximum atomic E-state index is 12.6. The van der Waals surface area contributed by atoms with E-state index in [1.54, 1.807) is 6.33 Å². The van der Waals surface area contributed by atoms with Gasteiger partial charge in [-0.15, -0.1) is 0 Å². The monoisotopic (exact) mass is 337 g/mol. The Morgan fingerprint density at radius 3 is 2.52 bits per heavy atom. The van der Waals surface area contributed by atoms with Crippen molar-refractivity contribution >= 4 is 5.91 Å². The fourth-order valence-electron chi connectivity index (χ4n) is 4.79. The third kappa shape index (κ3) is 2.78. The zero-order valence-corrected chi connectivity index (χ0v) is 15.3. The van der Waals surface area contributed by atoms with E-state index in [0.717, 1.165) is 29.8 Å². The maximum absolute atomic E-state index is 12.6. The van der Waals surface area contributed by atoms with E-state index in [1.165, 1.54) is 19.3 Å². The third-order valence-corrected chi connectivity index (χ3v) is 6.72. The number of hydrogen-bond donors (Lipinski definition) is 1. The van der Waals surface area contributed by atoms with Crippen molar-refractivity contribution < 1.29 is 4.79 Å². The number of para-hydroxylation sites is 1. The molecular weight excluding hydrogens is 310 g/mol. The Bertz CT molecular complexity index is 764. The number of nitrogens with one attached hydrogen (secondary N) is 1. The molecule has 3 atom stereocenters. The zero-order valence-electron chi connectivity index (χ0n) is 15.3. The molecule has 3 saturated carbocycles. The lowest BCUT2D eigenvalue weighted by Crippen LogP contribution is -2.52. The van der Waals surface area contributed by atoms with Crippen molar-refractivity contribution in [1.29, 1.82) is 0 Å². The quantitative estimate of drug-likeness (QED) is 0.917. The Kier molecular flexibility index (Phi) is 3.94. The molecule has 1 unspecified atom stereocenters. The lowest BCUT2D eigenvalue weighted by atomic mass is 9.47. The van der Waals surface area contributed by atoms with Crippen LogP contribution < -0.4 is 5.32 Å². The van der Waals surface area contributed by atoms with Gasteiger partial charge in [-0.2, -0.15) is 0 Å². The van der Waals surface area contributed by atoms with Crippen LogP contribution in [-0.2, 0) is 0 Å². The van der Waals surface area contributed by atoms with E-state index in [1.807, 2.05) is 41.8 Å². The van der Waals surface area contributed by atoms with Crippen LogP contribution in [0.2, 0.25) is 0 Å². The van der Waals surface area contributed by atoms with Gasteiger partial charge in [-0.1, -0.05) is 32.0 Å². The lowest BCUT2D eigenvalue weighted by Gasteiger charge is -2.59. The zero-order chi connectivity index (χ0) is 17.6. The summed E-state index contributed by atoms with van der Waals surface area (Å²) in [6.45, 7) is 7.53. The first-order valence-electron chi connectivity index (χ1n) is 9.34. The number of aromatic nitrogens is 2. The first-order valence-corrected chi connectivity index (χ1v) is 9.34. The molecule has 0 saturated heterocycles. The number of imidazole rings is 1. The van der Waals surface area contributed by atoms with Crippen LogP contribution in [0.5, 0.6) is 0 Å². The Labute approximate surface area is 149 Å². The minimum atomic E-state index is -0.0503. The lowest BCUT2D eigenvalue weighted by molar-refractivity contribution is -0.0887. The van der Waals surface area contributed by atoms with Crippen LogP contribution in [0.3, 0.4) is 0 Å². The van der Waals surface area contributed by atoms with Crippen LogP contribution in [-0.4, -0.2) is 22.0 Å². The van der Waals surface area contributed by atoms with E-state index in [2.05, 4.69) is 24.1 Å². The maximum Gasteiger partial charge on any atom is 0.271 e. The van der Waals surface area contributed by atoms with Crippen molar-refractivity contribution in [3.63, 3.8) is 0 Å². The summed E-state index contributed by atoms with van der Waals surface area (Å²) in [6.07, 6.45) is 5.62. The number of rotatable bonds is 4. The van der Waals surface area contributed by atoms with Crippen LogP contribution in [0.25, 0.3) is 5.69 Å². The molecule has 4 nitrogen and oxygen atoms in total. The molecule has 5 rings (SSSR count). The predicted molar refractivity (Wildman–Crippen MR) is 98.7 cm³/mol. The van der Waals surface area contributed by atoms with Crippen LogP contribution in [0.15, 0.2) is 36.7 Å². The van der Waals surface area contributed by atoms with Crippen molar-refractivity contribution in [2.45, 2.75) is 40.0 Å². The van der Waals surface area contributed by atoms with Gasteiger partial charge in [0.1, 0.15) is 12.0 Å². The minimum Gasteiger partial charge on any atom is -0.350 e. The number of amides is 1. The summed E-state index contributed by atoms with van der Waals surface area (Å²) < 4.78 is 1.97. The normalized spacial score (nSPS) is 26.8. The first-order chi connectivity index (χ1) is 12.0. The van der Waals surface area contributed by atoms with Gasteiger partial charge in [0.05, 0.1) is 5.69 Å². The summed E-state index contributed by atoms with van der Waals surface area (Å²) in [5, 5.41) is 3.13. The van der Waals surface area contributed by atoms with Gasteiger partial charge in [0.2, 0.25) is 0 Å². The average Bonchev–Trinajstić information content (AvgIpc) is 3.02. The Morgan fingerprint density at radius 1 is 1.20 bits per heavy atom. The SMILES string of the molecule is Cc1c(C(=O)NCC2C[C@@H]3C[C@H](C2)C3(C)C)ncn1-c1ccccc1. The Hall–Kier alpha value is -2.10. The average molecular weight is 337 g/mol. The topological polar surface area (TPSA) is 46.9 Å². The van der Waals surface area contributed by atoms with Crippen molar-refractivity contribution in [2.24, 2.45) is 23.2 Å².